The molecule has 3 heterocycles. The number of nitrogens with zero attached hydrogens (tertiary/aromatic N) is 4. The van der Waals surface area contributed by atoms with Gasteiger partial charge in [0.15, 0.2) is 5.82 Å². The number of hydrogen-bond acceptors (Lipinski definition) is 5. The summed E-state index contributed by atoms with van der Waals surface area (Å²) in [6, 6.07) is 4.11. The Morgan fingerprint density at radius 3 is 2.77 bits per heavy atom. The van der Waals surface area contributed by atoms with E-state index in [9.17, 15) is 4.79 Å². The standard InChI is InChI=1S/C16H21N5O/c22-16-15(18-6-7-19-16)21-11-9-20(10-12-21)8-2-4-14-3-1-5-17-13-14/h1,3,5-7,13H,2,4,8-12H2,(H,19,22). The Hall–Kier alpha value is -2.21. The first-order valence-corrected chi connectivity index (χ1v) is 7.73. The van der Waals surface area contributed by atoms with Crippen molar-refractivity contribution in [2.45, 2.75) is 12.8 Å². The van der Waals surface area contributed by atoms with Crippen molar-refractivity contribution in [1.29, 1.82) is 0 Å². The molecule has 1 saturated heterocycles. The van der Waals surface area contributed by atoms with Gasteiger partial charge in [-0.2, -0.15) is 0 Å². The van der Waals surface area contributed by atoms with Crippen molar-refractivity contribution in [3.05, 3.63) is 52.8 Å². The minimum atomic E-state index is -0.104. The molecule has 3 rings (SSSR count). The number of nitrogens with one attached hydrogen (secondary N) is 1. The maximum absolute atomic E-state index is 11.7. The fourth-order valence-corrected chi connectivity index (χ4v) is 2.81. The molecule has 0 radical (unpaired) electrons. The van der Waals surface area contributed by atoms with Gasteiger partial charge >= 0.3 is 0 Å². The third kappa shape index (κ3) is 3.71. The van der Waals surface area contributed by atoms with Crippen molar-refractivity contribution in [2.24, 2.45) is 0 Å². The summed E-state index contributed by atoms with van der Waals surface area (Å²) >= 11 is 0. The van der Waals surface area contributed by atoms with Crippen molar-refractivity contribution in [3.63, 3.8) is 0 Å². The summed E-state index contributed by atoms with van der Waals surface area (Å²) in [5.41, 5.74) is 1.19. The zero-order valence-electron chi connectivity index (χ0n) is 12.6. The summed E-state index contributed by atoms with van der Waals surface area (Å²) < 4.78 is 0. The molecule has 0 bridgehead atoms. The number of piperazine rings is 1. The van der Waals surface area contributed by atoms with Crippen LogP contribution in [0, 0.1) is 0 Å². The van der Waals surface area contributed by atoms with Crippen LogP contribution < -0.4 is 10.5 Å². The van der Waals surface area contributed by atoms with Crippen molar-refractivity contribution >= 4 is 5.82 Å². The Morgan fingerprint density at radius 1 is 1.18 bits per heavy atom. The lowest BCUT2D eigenvalue weighted by Gasteiger charge is -2.34. The van der Waals surface area contributed by atoms with Crippen LogP contribution in [0.5, 0.6) is 0 Å². The van der Waals surface area contributed by atoms with Gasteiger partial charge < -0.3 is 9.88 Å². The summed E-state index contributed by atoms with van der Waals surface area (Å²) in [5.74, 6) is 0.539. The van der Waals surface area contributed by atoms with E-state index in [1.807, 2.05) is 18.5 Å². The molecule has 0 aromatic carbocycles. The highest BCUT2D eigenvalue weighted by Crippen LogP contribution is 2.09. The molecule has 6 nitrogen and oxygen atoms in total. The fourth-order valence-electron chi connectivity index (χ4n) is 2.81. The number of aromatic amines is 1. The molecule has 22 heavy (non-hydrogen) atoms. The van der Waals surface area contributed by atoms with Crippen molar-refractivity contribution in [2.75, 3.05) is 37.6 Å². The highest BCUT2D eigenvalue weighted by Gasteiger charge is 2.19. The quantitative estimate of drug-likeness (QED) is 0.889. The molecule has 0 spiro atoms. The molecular formula is C16H21N5O. The zero-order chi connectivity index (χ0) is 15.2. The molecule has 0 amide bonds. The van der Waals surface area contributed by atoms with Crippen molar-refractivity contribution < 1.29 is 0 Å². The molecule has 1 N–H and O–H groups in total. The number of anilines is 1. The van der Waals surface area contributed by atoms with Crippen LogP contribution >= 0.6 is 0 Å². The smallest absolute Gasteiger partial charge is 0.290 e. The SMILES string of the molecule is O=c1[nH]ccnc1N1CCN(CCCc2cccnc2)CC1. The number of aryl methyl sites for hydroxylation is 1. The molecular weight excluding hydrogens is 278 g/mol. The minimum absolute atomic E-state index is 0.104. The maximum Gasteiger partial charge on any atom is 0.290 e. The lowest BCUT2D eigenvalue weighted by Crippen LogP contribution is -2.48. The van der Waals surface area contributed by atoms with Crippen molar-refractivity contribution in [1.82, 2.24) is 19.9 Å². The van der Waals surface area contributed by atoms with Gasteiger partial charge in [0.2, 0.25) is 0 Å². The molecule has 1 aliphatic rings. The molecule has 1 aliphatic heterocycles. The first kappa shape index (κ1) is 14.7. The van der Waals surface area contributed by atoms with E-state index in [1.165, 1.54) is 5.56 Å². The van der Waals surface area contributed by atoms with Gasteiger partial charge in [0.25, 0.3) is 5.56 Å². The van der Waals surface area contributed by atoms with Gasteiger partial charge in [-0.1, -0.05) is 6.07 Å². The topological polar surface area (TPSA) is 65.1 Å². The Morgan fingerprint density at radius 2 is 2.05 bits per heavy atom. The lowest BCUT2D eigenvalue weighted by molar-refractivity contribution is 0.254. The monoisotopic (exact) mass is 299 g/mol. The van der Waals surface area contributed by atoms with E-state index in [1.54, 1.807) is 12.4 Å². The van der Waals surface area contributed by atoms with Crippen LogP contribution in [0.2, 0.25) is 0 Å². The Bertz CT molecular complexity index is 634. The predicted molar refractivity (Wildman–Crippen MR) is 86.1 cm³/mol. The van der Waals surface area contributed by atoms with E-state index < -0.39 is 0 Å². The van der Waals surface area contributed by atoms with E-state index in [2.05, 4.69) is 30.8 Å². The van der Waals surface area contributed by atoms with E-state index >= 15 is 0 Å². The molecule has 0 saturated carbocycles. The van der Waals surface area contributed by atoms with Gasteiger partial charge in [-0.05, 0) is 31.0 Å². The third-order valence-corrected chi connectivity index (χ3v) is 4.02. The Kier molecular flexibility index (Phi) is 4.80. The molecule has 0 atom stereocenters. The number of H-pyrrole nitrogens is 1. The van der Waals surface area contributed by atoms with Crippen LogP contribution in [0.1, 0.15) is 12.0 Å². The normalized spacial score (nSPS) is 15.9. The molecule has 0 aliphatic carbocycles. The molecule has 6 heteroatoms. The van der Waals surface area contributed by atoms with Crippen LogP contribution in [0.4, 0.5) is 5.82 Å². The molecule has 116 valence electrons. The number of pyridine rings is 1. The molecule has 1 fully saturated rings. The van der Waals surface area contributed by atoms with Gasteiger partial charge in [0, 0.05) is 51.0 Å². The lowest BCUT2D eigenvalue weighted by atomic mass is 10.1. The predicted octanol–water partition coefficient (Wildman–Crippen LogP) is 0.920. The fraction of sp³-hybridized carbons (Fsp3) is 0.438. The van der Waals surface area contributed by atoms with Gasteiger partial charge in [0.1, 0.15) is 0 Å². The van der Waals surface area contributed by atoms with Crippen molar-refractivity contribution in [3.8, 4) is 0 Å². The van der Waals surface area contributed by atoms with Crippen LogP contribution in [0.25, 0.3) is 0 Å². The summed E-state index contributed by atoms with van der Waals surface area (Å²) in [7, 11) is 0. The summed E-state index contributed by atoms with van der Waals surface area (Å²) in [6.45, 7) is 4.74. The maximum atomic E-state index is 11.7. The van der Waals surface area contributed by atoms with E-state index in [0.717, 1.165) is 45.6 Å². The first-order chi connectivity index (χ1) is 10.8. The van der Waals surface area contributed by atoms with Crippen LogP contribution in [0.15, 0.2) is 41.7 Å². The number of hydrogen-bond donors (Lipinski definition) is 1. The zero-order valence-corrected chi connectivity index (χ0v) is 12.6. The Labute approximate surface area is 129 Å². The van der Waals surface area contributed by atoms with Gasteiger partial charge in [-0.15, -0.1) is 0 Å². The van der Waals surface area contributed by atoms with Crippen LogP contribution in [-0.2, 0) is 6.42 Å². The van der Waals surface area contributed by atoms with Crippen LogP contribution in [0.3, 0.4) is 0 Å². The second-order valence-corrected chi connectivity index (χ2v) is 5.54. The largest absolute Gasteiger partial charge is 0.349 e. The van der Waals surface area contributed by atoms with Gasteiger partial charge in [-0.25, -0.2) is 4.98 Å². The second-order valence-electron chi connectivity index (χ2n) is 5.54. The highest BCUT2D eigenvalue weighted by atomic mass is 16.1. The average molecular weight is 299 g/mol. The highest BCUT2D eigenvalue weighted by molar-refractivity contribution is 5.35. The average Bonchev–Trinajstić information content (AvgIpc) is 2.57. The second kappa shape index (κ2) is 7.17. The first-order valence-electron chi connectivity index (χ1n) is 7.73. The van der Waals surface area contributed by atoms with E-state index in [-0.39, 0.29) is 5.56 Å². The number of aromatic nitrogens is 3. The van der Waals surface area contributed by atoms with Crippen LogP contribution in [-0.4, -0.2) is 52.6 Å². The van der Waals surface area contributed by atoms with Gasteiger partial charge in [0.05, 0.1) is 0 Å². The minimum Gasteiger partial charge on any atom is -0.349 e. The van der Waals surface area contributed by atoms with E-state index in [0.29, 0.717) is 5.82 Å². The molecule has 2 aromatic rings. The summed E-state index contributed by atoms with van der Waals surface area (Å²) in [6.07, 6.45) is 9.15. The summed E-state index contributed by atoms with van der Waals surface area (Å²) in [5, 5.41) is 0. The molecule has 2 aromatic heterocycles. The van der Waals surface area contributed by atoms with Gasteiger partial charge in [-0.3, -0.25) is 14.7 Å². The third-order valence-electron chi connectivity index (χ3n) is 4.02. The van der Waals surface area contributed by atoms with E-state index in [4.69, 9.17) is 0 Å². The Balaban J connectivity index is 1.44. The summed E-state index contributed by atoms with van der Waals surface area (Å²) in [4.78, 5) is 27.3. The number of rotatable bonds is 5. The molecule has 0 unspecified atom stereocenters.